The summed E-state index contributed by atoms with van der Waals surface area (Å²) in [6.45, 7) is 1.67. The first-order valence-electron chi connectivity index (χ1n) is 7.36. The van der Waals surface area contributed by atoms with Crippen molar-refractivity contribution in [2.75, 3.05) is 5.32 Å². The van der Waals surface area contributed by atoms with Crippen molar-refractivity contribution in [3.63, 3.8) is 0 Å². The number of anilines is 1. The zero-order valence-corrected chi connectivity index (χ0v) is 14.1. The van der Waals surface area contributed by atoms with Gasteiger partial charge in [-0.1, -0.05) is 17.7 Å². The molecule has 6 heteroatoms. The van der Waals surface area contributed by atoms with Crippen LogP contribution in [-0.4, -0.2) is 12.0 Å². The largest absolute Gasteiger partial charge is 0.481 e. The Labute approximate surface area is 143 Å². The molecule has 118 valence electrons. The van der Waals surface area contributed by atoms with Crippen LogP contribution < -0.4 is 10.1 Å². The van der Waals surface area contributed by atoms with Crippen LogP contribution in [0.4, 0.5) is 5.00 Å². The van der Waals surface area contributed by atoms with Crippen molar-refractivity contribution in [1.82, 2.24) is 0 Å². The summed E-state index contributed by atoms with van der Waals surface area (Å²) in [5.41, 5.74) is 1.70. The predicted octanol–water partition coefficient (Wildman–Crippen LogP) is 4.17. The number of rotatable bonds is 4. The molecule has 0 fully saturated rings. The fraction of sp³-hybridized carbons (Fsp3) is 0.294. The molecule has 1 atom stereocenters. The molecule has 3 rings (SSSR count). The van der Waals surface area contributed by atoms with E-state index in [1.807, 2.05) is 0 Å². The van der Waals surface area contributed by atoms with Crippen LogP contribution >= 0.6 is 22.9 Å². The molecule has 23 heavy (non-hydrogen) atoms. The highest BCUT2D eigenvalue weighted by Gasteiger charge is 2.24. The first-order chi connectivity index (χ1) is 11.1. The minimum absolute atomic E-state index is 0.276. The maximum absolute atomic E-state index is 12.3. The number of halogens is 1. The molecule has 1 aromatic carbocycles. The second kappa shape index (κ2) is 6.61. The van der Waals surface area contributed by atoms with Crippen molar-refractivity contribution in [2.24, 2.45) is 0 Å². The molecule has 0 spiro atoms. The minimum Gasteiger partial charge on any atom is -0.481 e. The highest BCUT2D eigenvalue weighted by molar-refractivity contribution is 7.16. The Morgan fingerprint density at radius 3 is 3.04 bits per heavy atom. The van der Waals surface area contributed by atoms with Gasteiger partial charge in [-0.25, -0.2) is 0 Å². The molecule has 0 radical (unpaired) electrons. The summed E-state index contributed by atoms with van der Waals surface area (Å²) in [5, 5.41) is 13.4. The predicted molar refractivity (Wildman–Crippen MR) is 91.2 cm³/mol. The number of carbonyl (C=O) groups excluding carboxylic acids is 1. The number of amides is 1. The van der Waals surface area contributed by atoms with Crippen molar-refractivity contribution >= 4 is 33.8 Å². The molecule has 1 amide bonds. The summed E-state index contributed by atoms with van der Waals surface area (Å²) in [6, 6.07) is 9.12. The van der Waals surface area contributed by atoms with Gasteiger partial charge in [-0.2, -0.15) is 5.26 Å². The minimum atomic E-state index is -0.683. The molecule has 2 aromatic rings. The highest BCUT2D eigenvalue weighted by Crippen LogP contribution is 2.38. The molecule has 1 aromatic heterocycles. The maximum Gasteiger partial charge on any atom is 0.265 e. The second-order valence-corrected chi connectivity index (χ2v) is 6.92. The zero-order valence-electron chi connectivity index (χ0n) is 12.6. The van der Waals surface area contributed by atoms with Crippen LogP contribution in [0.3, 0.4) is 0 Å². The monoisotopic (exact) mass is 346 g/mol. The Balaban J connectivity index is 1.71. The van der Waals surface area contributed by atoms with Gasteiger partial charge in [0.2, 0.25) is 0 Å². The van der Waals surface area contributed by atoms with Gasteiger partial charge in [0, 0.05) is 9.90 Å². The van der Waals surface area contributed by atoms with Crippen molar-refractivity contribution in [2.45, 2.75) is 32.3 Å². The van der Waals surface area contributed by atoms with Gasteiger partial charge in [0.05, 0.1) is 5.56 Å². The van der Waals surface area contributed by atoms with E-state index in [0.29, 0.717) is 21.3 Å². The molecule has 1 heterocycles. The third-order valence-electron chi connectivity index (χ3n) is 3.75. The number of thiophene rings is 1. The molecule has 0 saturated heterocycles. The van der Waals surface area contributed by atoms with Crippen LogP contribution in [0.15, 0.2) is 24.3 Å². The quantitative estimate of drug-likeness (QED) is 0.903. The Hall–Kier alpha value is -2.03. The number of nitrogens with zero attached hydrogens (tertiary/aromatic N) is 1. The van der Waals surface area contributed by atoms with E-state index >= 15 is 0 Å². The van der Waals surface area contributed by atoms with Gasteiger partial charge in [-0.05, 0) is 49.9 Å². The number of benzene rings is 1. The molecule has 0 aliphatic heterocycles. The summed E-state index contributed by atoms with van der Waals surface area (Å²) >= 11 is 7.40. The van der Waals surface area contributed by atoms with Gasteiger partial charge in [0.15, 0.2) is 6.10 Å². The Morgan fingerprint density at radius 2 is 2.30 bits per heavy atom. The lowest BCUT2D eigenvalue weighted by Gasteiger charge is -2.14. The van der Waals surface area contributed by atoms with E-state index in [9.17, 15) is 10.1 Å². The van der Waals surface area contributed by atoms with Crippen molar-refractivity contribution in [1.29, 1.82) is 5.26 Å². The number of hydrogen-bond acceptors (Lipinski definition) is 4. The van der Waals surface area contributed by atoms with Crippen LogP contribution in [0.5, 0.6) is 5.75 Å². The fourth-order valence-electron chi connectivity index (χ4n) is 2.62. The third-order valence-corrected chi connectivity index (χ3v) is 5.19. The van der Waals surface area contributed by atoms with E-state index in [-0.39, 0.29) is 5.91 Å². The zero-order chi connectivity index (χ0) is 16.4. The molecule has 4 nitrogen and oxygen atoms in total. The number of carbonyl (C=O) groups is 1. The van der Waals surface area contributed by atoms with Crippen molar-refractivity contribution < 1.29 is 9.53 Å². The van der Waals surface area contributed by atoms with Crippen LogP contribution in [0.25, 0.3) is 0 Å². The maximum atomic E-state index is 12.3. The highest BCUT2D eigenvalue weighted by atomic mass is 35.5. The molecule has 1 aliphatic rings. The lowest BCUT2D eigenvalue weighted by Crippen LogP contribution is -2.30. The first-order valence-corrected chi connectivity index (χ1v) is 8.55. The smallest absolute Gasteiger partial charge is 0.265 e. The fourth-order valence-corrected chi connectivity index (χ4v) is 4.05. The number of nitrogens with one attached hydrogen (secondary N) is 1. The van der Waals surface area contributed by atoms with Gasteiger partial charge in [0.25, 0.3) is 5.91 Å². The van der Waals surface area contributed by atoms with E-state index in [1.165, 1.54) is 16.2 Å². The average Bonchev–Trinajstić information content (AvgIpc) is 3.07. The third kappa shape index (κ3) is 3.34. The topological polar surface area (TPSA) is 62.1 Å². The Morgan fingerprint density at radius 1 is 1.48 bits per heavy atom. The van der Waals surface area contributed by atoms with E-state index in [4.69, 9.17) is 16.3 Å². The van der Waals surface area contributed by atoms with E-state index in [0.717, 1.165) is 24.8 Å². The van der Waals surface area contributed by atoms with Crippen molar-refractivity contribution in [3.8, 4) is 11.8 Å². The van der Waals surface area contributed by atoms with Gasteiger partial charge < -0.3 is 10.1 Å². The summed E-state index contributed by atoms with van der Waals surface area (Å²) in [6.07, 6.45) is 2.30. The standard InChI is InChI=1S/C17H15ClN2O2S/c1-10(22-12-5-2-4-11(18)8-12)16(21)20-17-14(9-19)13-6-3-7-15(13)23-17/h2,4-5,8,10H,3,6-7H2,1H3,(H,20,21). The molecule has 1 N–H and O–H groups in total. The molecular weight excluding hydrogens is 332 g/mol. The normalized spacial score (nSPS) is 14.0. The number of ether oxygens (including phenoxy) is 1. The summed E-state index contributed by atoms with van der Waals surface area (Å²) < 4.78 is 5.61. The second-order valence-electron chi connectivity index (χ2n) is 5.38. The molecule has 0 bridgehead atoms. The van der Waals surface area contributed by atoms with Crippen LogP contribution in [0.2, 0.25) is 5.02 Å². The molecule has 1 unspecified atom stereocenters. The van der Waals surface area contributed by atoms with E-state index in [1.54, 1.807) is 31.2 Å². The van der Waals surface area contributed by atoms with Crippen LogP contribution in [0.1, 0.15) is 29.3 Å². The van der Waals surface area contributed by atoms with Crippen LogP contribution in [-0.2, 0) is 17.6 Å². The van der Waals surface area contributed by atoms with E-state index < -0.39 is 6.10 Å². The number of nitriles is 1. The van der Waals surface area contributed by atoms with Gasteiger partial charge in [-0.3, -0.25) is 4.79 Å². The number of aryl methyl sites for hydroxylation is 1. The van der Waals surface area contributed by atoms with Gasteiger partial charge >= 0.3 is 0 Å². The summed E-state index contributed by atoms with van der Waals surface area (Å²) in [7, 11) is 0. The Kier molecular flexibility index (Phi) is 4.56. The first kappa shape index (κ1) is 15.9. The molecule has 1 aliphatic carbocycles. The van der Waals surface area contributed by atoms with Gasteiger partial charge in [0.1, 0.15) is 16.8 Å². The van der Waals surface area contributed by atoms with E-state index in [2.05, 4.69) is 11.4 Å². The molecular formula is C17H15ClN2O2S. The Bertz CT molecular complexity index is 794. The van der Waals surface area contributed by atoms with Crippen LogP contribution in [0, 0.1) is 11.3 Å². The average molecular weight is 347 g/mol. The number of hydrogen-bond donors (Lipinski definition) is 1. The lowest BCUT2D eigenvalue weighted by molar-refractivity contribution is -0.122. The SMILES string of the molecule is CC(Oc1cccc(Cl)c1)C(=O)Nc1sc2c(c1C#N)CCC2. The summed E-state index contributed by atoms with van der Waals surface area (Å²) in [4.78, 5) is 13.5. The number of fused-ring (bicyclic) bond motifs is 1. The molecule has 0 saturated carbocycles. The van der Waals surface area contributed by atoms with Crippen molar-refractivity contribution in [3.05, 3.63) is 45.3 Å². The van der Waals surface area contributed by atoms with Gasteiger partial charge in [-0.15, -0.1) is 11.3 Å². The lowest BCUT2D eigenvalue weighted by atomic mass is 10.1. The summed E-state index contributed by atoms with van der Waals surface area (Å²) in [5.74, 6) is 0.260.